The number of anilines is 2. The van der Waals surface area contributed by atoms with Gasteiger partial charge in [0.2, 0.25) is 5.91 Å². The lowest BCUT2D eigenvalue weighted by atomic mass is 10.0. The van der Waals surface area contributed by atoms with E-state index in [9.17, 15) is 20.0 Å². The Morgan fingerprint density at radius 2 is 2.24 bits per heavy atom. The van der Waals surface area contributed by atoms with E-state index in [0.29, 0.717) is 30.8 Å². The molecule has 21 heavy (non-hydrogen) atoms. The predicted molar refractivity (Wildman–Crippen MR) is 77.5 cm³/mol. The number of hydrogen-bond donors (Lipinski definition) is 2. The zero-order valence-electron chi connectivity index (χ0n) is 11.5. The number of amides is 1. The first-order chi connectivity index (χ1) is 10.1. The molecule has 0 bridgehead atoms. The van der Waals surface area contributed by atoms with E-state index in [4.69, 9.17) is 0 Å². The van der Waals surface area contributed by atoms with Gasteiger partial charge in [-0.3, -0.25) is 14.9 Å². The molecule has 1 atom stereocenters. The first-order valence-corrected chi connectivity index (χ1v) is 7.09. The zero-order chi connectivity index (χ0) is 15.0. The Bertz CT molecular complexity index is 602. The number of benzene rings is 1. The Labute approximate surface area is 121 Å². The molecule has 7 heteroatoms. The van der Waals surface area contributed by atoms with Crippen molar-refractivity contribution in [3.63, 3.8) is 0 Å². The van der Waals surface area contributed by atoms with Crippen molar-refractivity contribution in [2.45, 2.75) is 31.7 Å². The highest BCUT2D eigenvalue weighted by Crippen LogP contribution is 2.39. The molecule has 2 aliphatic heterocycles. The van der Waals surface area contributed by atoms with Crippen molar-refractivity contribution in [1.82, 2.24) is 0 Å². The average molecular weight is 291 g/mol. The number of aliphatic hydroxyl groups is 1. The molecule has 3 rings (SSSR count). The molecule has 1 amide bonds. The van der Waals surface area contributed by atoms with Crippen LogP contribution in [-0.2, 0) is 11.2 Å². The minimum Gasteiger partial charge on any atom is -0.394 e. The second-order valence-corrected chi connectivity index (χ2v) is 5.48. The van der Waals surface area contributed by atoms with E-state index in [2.05, 4.69) is 5.32 Å². The van der Waals surface area contributed by atoms with Gasteiger partial charge in [0, 0.05) is 19.0 Å². The fraction of sp³-hybridized carbons (Fsp3) is 0.500. The van der Waals surface area contributed by atoms with Crippen LogP contribution in [0.5, 0.6) is 0 Å². The Morgan fingerprint density at radius 3 is 2.95 bits per heavy atom. The highest BCUT2D eigenvalue weighted by molar-refractivity contribution is 5.95. The quantitative estimate of drug-likeness (QED) is 0.649. The summed E-state index contributed by atoms with van der Waals surface area (Å²) in [5.74, 6) is -0.112. The lowest BCUT2D eigenvalue weighted by molar-refractivity contribution is -0.384. The molecule has 1 aromatic carbocycles. The molecule has 2 N–H and O–H groups in total. The van der Waals surface area contributed by atoms with E-state index in [-0.39, 0.29) is 24.2 Å². The fourth-order valence-electron chi connectivity index (χ4n) is 3.12. The number of carbonyl (C=O) groups is 1. The van der Waals surface area contributed by atoms with Gasteiger partial charge in [-0.25, -0.2) is 0 Å². The largest absolute Gasteiger partial charge is 0.394 e. The maximum Gasteiger partial charge on any atom is 0.294 e. The summed E-state index contributed by atoms with van der Waals surface area (Å²) in [6, 6.07) is 3.16. The molecule has 0 aromatic heterocycles. The van der Waals surface area contributed by atoms with Crippen LogP contribution in [-0.4, -0.2) is 35.1 Å². The molecular weight excluding hydrogens is 274 g/mol. The lowest BCUT2D eigenvalue weighted by Gasteiger charge is -2.27. The second kappa shape index (κ2) is 5.33. The summed E-state index contributed by atoms with van der Waals surface area (Å²) in [6.07, 6.45) is 2.73. The van der Waals surface area contributed by atoms with Crippen molar-refractivity contribution < 1.29 is 14.8 Å². The molecule has 0 aliphatic carbocycles. The summed E-state index contributed by atoms with van der Waals surface area (Å²) >= 11 is 0. The van der Waals surface area contributed by atoms with Crippen LogP contribution in [0.1, 0.15) is 24.8 Å². The standard InChI is InChI=1S/C14H17N3O4/c18-8-10-2-1-5-16(10)12-6-9-3-4-14(19)15-11(9)7-13(12)17(20)21/h6-7,10,18H,1-5,8H2,(H,15,19). The topological polar surface area (TPSA) is 95.7 Å². The number of hydrogen-bond acceptors (Lipinski definition) is 5. The third kappa shape index (κ3) is 2.44. The summed E-state index contributed by atoms with van der Waals surface area (Å²) in [4.78, 5) is 24.3. The van der Waals surface area contributed by atoms with Crippen LogP contribution < -0.4 is 10.2 Å². The van der Waals surface area contributed by atoms with Crippen molar-refractivity contribution in [1.29, 1.82) is 0 Å². The third-order valence-electron chi connectivity index (χ3n) is 4.19. The van der Waals surface area contributed by atoms with Gasteiger partial charge in [0.05, 0.1) is 23.3 Å². The van der Waals surface area contributed by atoms with Gasteiger partial charge >= 0.3 is 0 Å². The number of aryl methyl sites for hydroxylation is 1. The minimum atomic E-state index is -0.427. The van der Waals surface area contributed by atoms with Crippen molar-refractivity contribution in [2.24, 2.45) is 0 Å². The lowest BCUT2D eigenvalue weighted by Crippen LogP contribution is -2.33. The molecule has 0 radical (unpaired) electrons. The molecule has 1 saturated heterocycles. The molecule has 0 saturated carbocycles. The van der Waals surface area contributed by atoms with Crippen LogP contribution in [0, 0.1) is 10.1 Å². The highest BCUT2D eigenvalue weighted by atomic mass is 16.6. The molecule has 2 heterocycles. The van der Waals surface area contributed by atoms with Gasteiger partial charge in [-0.1, -0.05) is 0 Å². The van der Waals surface area contributed by atoms with E-state index in [1.807, 2.05) is 4.90 Å². The molecular formula is C14H17N3O4. The van der Waals surface area contributed by atoms with Crippen LogP contribution in [0.25, 0.3) is 0 Å². The number of nitrogens with zero attached hydrogens (tertiary/aromatic N) is 2. The smallest absolute Gasteiger partial charge is 0.294 e. The van der Waals surface area contributed by atoms with Crippen molar-refractivity contribution in [2.75, 3.05) is 23.4 Å². The van der Waals surface area contributed by atoms with Gasteiger partial charge in [-0.05, 0) is 30.9 Å². The zero-order valence-corrected chi connectivity index (χ0v) is 11.5. The summed E-state index contributed by atoms with van der Waals surface area (Å²) in [6.45, 7) is 0.697. The Morgan fingerprint density at radius 1 is 1.43 bits per heavy atom. The van der Waals surface area contributed by atoms with Crippen LogP contribution in [0.4, 0.5) is 17.1 Å². The van der Waals surface area contributed by atoms with E-state index in [0.717, 1.165) is 18.4 Å². The maximum absolute atomic E-state index is 11.4. The van der Waals surface area contributed by atoms with Crippen LogP contribution in [0.15, 0.2) is 12.1 Å². The Hall–Kier alpha value is -2.15. The van der Waals surface area contributed by atoms with Gasteiger partial charge in [0.15, 0.2) is 0 Å². The SMILES string of the molecule is O=C1CCc2cc(N3CCCC3CO)c([N+](=O)[O-])cc2N1. The molecule has 1 aromatic rings. The van der Waals surface area contributed by atoms with Gasteiger partial charge in [0.25, 0.3) is 5.69 Å². The second-order valence-electron chi connectivity index (χ2n) is 5.48. The van der Waals surface area contributed by atoms with Crippen molar-refractivity contribution >= 4 is 23.0 Å². The van der Waals surface area contributed by atoms with Gasteiger partial charge in [-0.2, -0.15) is 0 Å². The number of fused-ring (bicyclic) bond motifs is 1. The first kappa shape index (κ1) is 13.8. The number of carbonyl (C=O) groups excluding carboxylic acids is 1. The molecule has 7 nitrogen and oxygen atoms in total. The number of aliphatic hydroxyl groups excluding tert-OH is 1. The van der Waals surface area contributed by atoms with E-state index in [1.165, 1.54) is 6.07 Å². The summed E-state index contributed by atoms with van der Waals surface area (Å²) in [5, 5.41) is 23.5. The number of nitrogens with one attached hydrogen (secondary N) is 1. The Balaban J connectivity index is 2.06. The van der Waals surface area contributed by atoms with Crippen LogP contribution in [0.3, 0.4) is 0 Å². The van der Waals surface area contributed by atoms with Crippen LogP contribution in [0.2, 0.25) is 0 Å². The number of nitro benzene ring substituents is 1. The van der Waals surface area contributed by atoms with Gasteiger partial charge < -0.3 is 15.3 Å². The summed E-state index contributed by atoms with van der Waals surface area (Å²) < 4.78 is 0. The minimum absolute atomic E-state index is 0.00895. The fourth-order valence-corrected chi connectivity index (χ4v) is 3.12. The molecule has 2 aliphatic rings. The summed E-state index contributed by atoms with van der Waals surface area (Å²) in [5.41, 5.74) is 1.97. The third-order valence-corrected chi connectivity index (χ3v) is 4.19. The maximum atomic E-state index is 11.4. The average Bonchev–Trinajstić information content (AvgIpc) is 2.94. The number of rotatable bonds is 3. The predicted octanol–water partition coefficient (Wildman–Crippen LogP) is 1.44. The molecule has 1 unspecified atom stereocenters. The monoisotopic (exact) mass is 291 g/mol. The van der Waals surface area contributed by atoms with Gasteiger partial charge in [-0.15, -0.1) is 0 Å². The first-order valence-electron chi connectivity index (χ1n) is 7.09. The van der Waals surface area contributed by atoms with E-state index < -0.39 is 4.92 Å². The molecule has 1 fully saturated rings. The van der Waals surface area contributed by atoms with E-state index >= 15 is 0 Å². The Kier molecular flexibility index (Phi) is 3.50. The molecule has 112 valence electrons. The van der Waals surface area contributed by atoms with E-state index in [1.54, 1.807) is 6.07 Å². The summed E-state index contributed by atoms with van der Waals surface area (Å²) in [7, 11) is 0. The highest BCUT2D eigenvalue weighted by Gasteiger charge is 2.31. The van der Waals surface area contributed by atoms with Crippen LogP contribution >= 0.6 is 0 Å². The number of nitro groups is 1. The normalized spacial score (nSPS) is 21.1. The van der Waals surface area contributed by atoms with Gasteiger partial charge in [0.1, 0.15) is 5.69 Å². The molecule has 0 spiro atoms. The van der Waals surface area contributed by atoms with Crippen molar-refractivity contribution in [3.05, 3.63) is 27.8 Å². The van der Waals surface area contributed by atoms with Crippen molar-refractivity contribution in [3.8, 4) is 0 Å².